The van der Waals surface area contributed by atoms with Gasteiger partial charge in [-0.2, -0.15) is 4.31 Å². The molecular formula is C20H21NO5S. The number of sulfonamides is 1. The van der Waals surface area contributed by atoms with Crippen LogP contribution < -0.4 is 0 Å². The Hall–Kier alpha value is -2.64. The molecule has 7 heteroatoms. The molecule has 1 aliphatic heterocycles. The smallest absolute Gasteiger partial charge is 0.335 e. The van der Waals surface area contributed by atoms with Crippen LogP contribution in [0.3, 0.4) is 0 Å². The summed E-state index contributed by atoms with van der Waals surface area (Å²) in [4.78, 5) is 12.2. The minimum absolute atomic E-state index is 0.00445. The van der Waals surface area contributed by atoms with E-state index in [0.717, 1.165) is 5.56 Å². The number of ether oxygens (including phenoxy) is 1. The number of benzene rings is 2. The van der Waals surface area contributed by atoms with Crippen LogP contribution in [-0.4, -0.2) is 30.9 Å². The first-order valence-electron chi connectivity index (χ1n) is 8.35. The Balaban J connectivity index is 2.16. The summed E-state index contributed by atoms with van der Waals surface area (Å²) in [6.45, 7) is 7.31. The van der Waals surface area contributed by atoms with Crippen LogP contribution in [0.4, 0.5) is 0 Å². The van der Waals surface area contributed by atoms with E-state index in [2.05, 4.69) is 6.58 Å². The molecule has 0 radical (unpaired) electrons. The summed E-state index contributed by atoms with van der Waals surface area (Å²) in [5, 5.41) is 10.4. The van der Waals surface area contributed by atoms with Gasteiger partial charge in [0.15, 0.2) is 0 Å². The van der Waals surface area contributed by atoms with E-state index in [0.29, 0.717) is 16.7 Å². The number of nitrogens with zero attached hydrogens (tertiary/aromatic N) is 1. The SMILES string of the molecule is C=C(C(=O)OC)C1c2ccc(C)c(O)c2CN1S(=O)(=O)c1ccc(C)cc1. The molecule has 2 aromatic rings. The standard InChI is InChI=1S/C20H21NO5S/c1-12-5-8-15(9-6-12)27(24,25)21-11-17-16(10-7-13(2)19(17)22)18(21)14(3)20(23)26-4/h5-10,18,22H,3,11H2,1-2,4H3. The topological polar surface area (TPSA) is 83.9 Å². The Morgan fingerprint density at radius 2 is 1.81 bits per heavy atom. The summed E-state index contributed by atoms with van der Waals surface area (Å²) >= 11 is 0. The lowest BCUT2D eigenvalue weighted by atomic mass is 9.97. The van der Waals surface area contributed by atoms with E-state index in [-0.39, 0.29) is 22.8 Å². The zero-order valence-corrected chi connectivity index (χ0v) is 16.2. The summed E-state index contributed by atoms with van der Waals surface area (Å²) < 4.78 is 32.5. The van der Waals surface area contributed by atoms with Crippen LogP contribution in [0.2, 0.25) is 0 Å². The van der Waals surface area contributed by atoms with Crippen LogP contribution in [-0.2, 0) is 26.1 Å². The normalized spacial score (nSPS) is 16.8. The van der Waals surface area contributed by atoms with Crippen molar-refractivity contribution in [2.24, 2.45) is 0 Å². The number of fused-ring (bicyclic) bond motifs is 1. The number of phenolic OH excluding ortho intramolecular Hbond substituents is 1. The summed E-state index contributed by atoms with van der Waals surface area (Å²) in [6.07, 6.45) is 0. The molecule has 2 aromatic carbocycles. The number of aryl methyl sites for hydroxylation is 2. The number of carbonyl (C=O) groups excluding carboxylic acids is 1. The molecular weight excluding hydrogens is 366 g/mol. The molecule has 1 heterocycles. The first-order chi connectivity index (χ1) is 12.7. The van der Waals surface area contributed by atoms with Gasteiger partial charge < -0.3 is 9.84 Å². The molecule has 6 nitrogen and oxygen atoms in total. The van der Waals surface area contributed by atoms with Crippen molar-refractivity contribution in [3.63, 3.8) is 0 Å². The number of aromatic hydroxyl groups is 1. The van der Waals surface area contributed by atoms with Gasteiger partial charge in [-0.25, -0.2) is 13.2 Å². The van der Waals surface area contributed by atoms with Crippen molar-refractivity contribution in [2.45, 2.75) is 31.3 Å². The van der Waals surface area contributed by atoms with Gasteiger partial charge in [-0.3, -0.25) is 0 Å². The third-order valence-corrected chi connectivity index (χ3v) is 6.65. The molecule has 1 N–H and O–H groups in total. The van der Waals surface area contributed by atoms with Gasteiger partial charge in [-0.1, -0.05) is 36.4 Å². The second-order valence-corrected chi connectivity index (χ2v) is 8.47. The van der Waals surface area contributed by atoms with Crippen LogP contribution >= 0.6 is 0 Å². The fourth-order valence-electron chi connectivity index (χ4n) is 3.27. The van der Waals surface area contributed by atoms with Gasteiger partial charge >= 0.3 is 5.97 Å². The highest BCUT2D eigenvalue weighted by molar-refractivity contribution is 7.89. The number of carbonyl (C=O) groups is 1. The summed E-state index contributed by atoms with van der Waals surface area (Å²) in [7, 11) is -2.72. The predicted octanol–water partition coefficient (Wildman–Crippen LogP) is 2.98. The van der Waals surface area contributed by atoms with Crippen molar-refractivity contribution < 1.29 is 23.1 Å². The highest BCUT2D eigenvalue weighted by atomic mass is 32.2. The Bertz CT molecular complexity index is 1030. The van der Waals surface area contributed by atoms with Crippen molar-refractivity contribution >= 4 is 16.0 Å². The van der Waals surface area contributed by atoms with Crippen LogP contribution in [0.15, 0.2) is 53.4 Å². The molecule has 1 unspecified atom stereocenters. The van der Waals surface area contributed by atoms with E-state index in [1.807, 2.05) is 6.92 Å². The molecule has 3 rings (SSSR count). The monoisotopic (exact) mass is 387 g/mol. The van der Waals surface area contributed by atoms with Crippen LogP contribution in [0.5, 0.6) is 5.75 Å². The lowest BCUT2D eigenvalue weighted by molar-refractivity contribution is -0.136. The average molecular weight is 387 g/mol. The van der Waals surface area contributed by atoms with E-state index < -0.39 is 22.0 Å². The maximum Gasteiger partial charge on any atom is 0.335 e. The number of hydrogen-bond acceptors (Lipinski definition) is 5. The molecule has 0 spiro atoms. The van der Waals surface area contributed by atoms with E-state index in [9.17, 15) is 18.3 Å². The maximum absolute atomic E-state index is 13.3. The number of hydrogen-bond donors (Lipinski definition) is 1. The highest BCUT2D eigenvalue weighted by Crippen LogP contribution is 2.45. The van der Waals surface area contributed by atoms with E-state index >= 15 is 0 Å². The Kier molecular flexibility index (Phi) is 4.84. The first-order valence-corrected chi connectivity index (χ1v) is 9.79. The lowest BCUT2D eigenvalue weighted by Gasteiger charge is -2.25. The van der Waals surface area contributed by atoms with Gasteiger partial charge in [0.25, 0.3) is 0 Å². The molecule has 0 fully saturated rings. The van der Waals surface area contributed by atoms with Gasteiger partial charge in [-0.15, -0.1) is 0 Å². The molecule has 1 aliphatic rings. The van der Waals surface area contributed by atoms with Crippen LogP contribution in [0.25, 0.3) is 0 Å². The fraction of sp³-hybridized carbons (Fsp3) is 0.250. The number of rotatable bonds is 4. The van der Waals surface area contributed by atoms with E-state index in [1.54, 1.807) is 31.2 Å². The number of esters is 1. The molecule has 142 valence electrons. The Morgan fingerprint density at radius 1 is 1.19 bits per heavy atom. The predicted molar refractivity (Wildman–Crippen MR) is 101 cm³/mol. The molecule has 0 bridgehead atoms. The van der Waals surface area contributed by atoms with Crippen molar-refractivity contribution in [3.8, 4) is 5.75 Å². The van der Waals surface area contributed by atoms with Crippen LogP contribution in [0.1, 0.15) is 28.3 Å². The van der Waals surface area contributed by atoms with Crippen molar-refractivity contribution in [1.82, 2.24) is 4.31 Å². The van der Waals surface area contributed by atoms with Crippen molar-refractivity contribution in [2.75, 3.05) is 7.11 Å². The van der Waals surface area contributed by atoms with Gasteiger partial charge in [0, 0.05) is 12.1 Å². The zero-order chi connectivity index (χ0) is 19.9. The summed E-state index contributed by atoms with van der Waals surface area (Å²) in [6, 6.07) is 8.93. The molecule has 1 atom stereocenters. The minimum Gasteiger partial charge on any atom is -0.507 e. The second-order valence-electron chi connectivity index (χ2n) is 6.58. The molecule has 0 aliphatic carbocycles. The molecule has 0 aromatic heterocycles. The fourth-order valence-corrected chi connectivity index (χ4v) is 4.84. The van der Waals surface area contributed by atoms with Gasteiger partial charge in [0.1, 0.15) is 5.75 Å². The lowest BCUT2D eigenvalue weighted by Crippen LogP contribution is -2.32. The molecule has 0 saturated heterocycles. The summed E-state index contributed by atoms with van der Waals surface area (Å²) in [5.74, 6) is -0.672. The first kappa shape index (κ1) is 19.1. The highest BCUT2D eigenvalue weighted by Gasteiger charge is 2.43. The van der Waals surface area contributed by atoms with Crippen molar-refractivity contribution in [1.29, 1.82) is 0 Å². The van der Waals surface area contributed by atoms with E-state index in [4.69, 9.17) is 4.74 Å². The third kappa shape index (κ3) is 3.13. The number of phenols is 1. The molecule has 0 saturated carbocycles. The maximum atomic E-state index is 13.3. The van der Waals surface area contributed by atoms with E-state index in [1.165, 1.54) is 23.5 Å². The average Bonchev–Trinajstić information content (AvgIpc) is 3.05. The third-order valence-electron chi connectivity index (χ3n) is 4.82. The van der Waals surface area contributed by atoms with Gasteiger partial charge in [0.05, 0.1) is 23.6 Å². The van der Waals surface area contributed by atoms with Crippen LogP contribution in [0, 0.1) is 13.8 Å². The zero-order valence-electron chi connectivity index (χ0n) is 15.4. The summed E-state index contributed by atoms with van der Waals surface area (Å²) in [5.41, 5.74) is 2.56. The number of methoxy groups -OCH3 is 1. The molecule has 27 heavy (non-hydrogen) atoms. The minimum atomic E-state index is -3.94. The van der Waals surface area contributed by atoms with Gasteiger partial charge in [0.2, 0.25) is 10.0 Å². The largest absolute Gasteiger partial charge is 0.507 e. The molecule has 0 amide bonds. The second kappa shape index (κ2) is 6.83. The van der Waals surface area contributed by atoms with Crippen molar-refractivity contribution in [3.05, 3.63) is 70.8 Å². The Labute approximate surface area is 158 Å². The quantitative estimate of drug-likeness (QED) is 0.644. The van der Waals surface area contributed by atoms with Gasteiger partial charge in [-0.05, 0) is 37.1 Å². The Morgan fingerprint density at radius 3 is 2.41 bits per heavy atom.